The molecule has 1 aliphatic heterocycles. The summed E-state index contributed by atoms with van der Waals surface area (Å²) in [6.45, 7) is 3.93. The number of likely N-dealkylation sites (tertiary alicyclic amines) is 1. The van der Waals surface area contributed by atoms with Gasteiger partial charge in [0.1, 0.15) is 5.82 Å². The van der Waals surface area contributed by atoms with Crippen molar-refractivity contribution in [3.8, 4) is 0 Å². The average Bonchev–Trinajstić information content (AvgIpc) is 3.27. The zero-order valence-corrected chi connectivity index (χ0v) is 16.8. The van der Waals surface area contributed by atoms with Crippen molar-refractivity contribution in [1.82, 2.24) is 9.88 Å². The van der Waals surface area contributed by atoms with Crippen LogP contribution in [0.25, 0.3) is 0 Å². The topological polar surface area (TPSA) is 66.2 Å². The van der Waals surface area contributed by atoms with Gasteiger partial charge >= 0.3 is 0 Å². The van der Waals surface area contributed by atoms with Crippen molar-refractivity contribution in [2.24, 2.45) is 5.73 Å². The third-order valence-corrected chi connectivity index (χ3v) is 6.19. The van der Waals surface area contributed by atoms with E-state index in [0.29, 0.717) is 21.6 Å². The monoisotopic (exact) mass is 415 g/mol. The van der Waals surface area contributed by atoms with Gasteiger partial charge in [-0.25, -0.2) is 9.37 Å². The summed E-state index contributed by atoms with van der Waals surface area (Å²) in [5, 5.41) is 6.33. The SMILES string of the molecule is NC1CCN(CCCCNc2cc(F)c(SNc3nccs3)cc2Cl)C1. The molecule has 1 aromatic carbocycles. The van der Waals surface area contributed by atoms with Crippen LogP contribution >= 0.6 is 34.9 Å². The van der Waals surface area contributed by atoms with Gasteiger partial charge in [0, 0.05) is 30.7 Å². The molecule has 5 nitrogen and oxygen atoms in total. The number of nitrogens with one attached hydrogen (secondary N) is 2. The molecule has 0 saturated carbocycles. The Labute approximate surface area is 166 Å². The molecule has 4 N–H and O–H groups in total. The van der Waals surface area contributed by atoms with E-state index in [-0.39, 0.29) is 5.82 Å². The number of unbranched alkanes of at least 4 members (excludes halogenated alkanes) is 1. The fraction of sp³-hybridized carbons (Fsp3) is 0.471. The van der Waals surface area contributed by atoms with Gasteiger partial charge in [0.25, 0.3) is 0 Å². The number of hydrogen-bond acceptors (Lipinski definition) is 7. The Morgan fingerprint density at radius 1 is 1.42 bits per heavy atom. The molecule has 0 spiro atoms. The van der Waals surface area contributed by atoms with Crippen molar-refractivity contribution in [1.29, 1.82) is 0 Å². The van der Waals surface area contributed by atoms with Crippen LogP contribution in [0.5, 0.6) is 0 Å². The molecular weight excluding hydrogens is 393 g/mol. The molecule has 1 fully saturated rings. The normalized spacial score (nSPS) is 17.6. The highest BCUT2D eigenvalue weighted by atomic mass is 35.5. The zero-order valence-electron chi connectivity index (χ0n) is 14.4. The quantitative estimate of drug-likeness (QED) is 0.419. The summed E-state index contributed by atoms with van der Waals surface area (Å²) in [5.41, 5.74) is 6.54. The van der Waals surface area contributed by atoms with Gasteiger partial charge < -0.3 is 20.7 Å². The van der Waals surface area contributed by atoms with Crippen LogP contribution < -0.4 is 15.8 Å². The van der Waals surface area contributed by atoms with Crippen molar-refractivity contribution in [2.75, 3.05) is 36.2 Å². The standard InChI is InChI=1S/C17H23ClFN5S2/c18-13-9-16(26-23-17-22-5-8-25-17)14(19)10-15(13)21-4-1-2-6-24-7-3-12(20)11-24/h5,8-10,12,21H,1-4,6-7,11,20H2,(H,22,23). The van der Waals surface area contributed by atoms with E-state index in [4.69, 9.17) is 17.3 Å². The van der Waals surface area contributed by atoms with Gasteiger partial charge in [-0.1, -0.05) is 11.6 Å². The van der Waals surface area contributed by atoms with Crippen LogP contribution in [-0.2, 0) is 0 Å². The van der Waals surface area contributed by atoms with Crippen molar-refractivity contribution in [3.05, 3.63) is 34.5 Å². The molecule has 1 aromatic heterocycles. The lowest BCUT2D eigenvalue weighted by Gasteiger charge is -2.15. The Morgan fingerprint density at radius 3 is 3.04 bits per heavy atom. The summed E-state index contributed by atoms with van der Waals surface area (Å²) >= 11 is 8.92. The number of thiazole rings is 1. The second-order valence-corrected chi connectivity index (χ2v) is 8.44. The van der Waals surface area contributed by atoms with E-state index < -0.39 is 0 Å². The van der Waals surface area contributed by atoms with Gasteiger partial charge in [-0.15, -0.1) is 11.3 Å². The summed E-state index contributed by atoms with van der Waals surface area (Å²) in [6, 6.07) is 3.42. The summed E-state index contributed by atoms with van der Waals surface area (Å²) in [6.07, 6.45) is 4.88. The predicted octanol–water partition coefficient (Wildman–Crippen LogP) is 4.28. The van der Waals surface area contributed by atoms with Crippen LogP contribution in [0.1, 0.15) is 19.3 Å². The number of rotatable bonds is 9. The number of benzene rings is 1. The van der Waals surface area contributed by atoms with Crippen molar-refractivity contribution in [3.63, 3.8) is 0 Å². The lowest BCUT2D eigenvalue weighted by atomic mass is 10.2. The van der Waals surface area contributed by atoms with Crippen LogP contribution in [0.2, 0.25) is 5.02 Å². The molecular formula is C17H23ClFN5S2. The molecule has 0 bridgehead atoms. The van der Waals surface area contributed by atoms with Gasteiger partial charge in [-0.05, 0) is 56.4 Å². The third-order valence-electron chi connectivity index (χ3n) is 4.23. The van der Waals surface area contributed by atoms with Crippen LogP contribution in [0.4, 0.5) is 15.2 Å². The summed E-state index contributed by atoms with van der Waals surface area (Å²) < 4.78 is 17.3. The Bertz CT molecular complexity index is 701. The number of nitrogens with two attached hydrogens (primary N) is 1. The molecule has 142 valence electrons. The molecule has 26 heavy (non-hydrogen) atoms. The molecule has 0 aliphatic carbocycles. The second kappa shape index (κ2) is 9.75. The van der Waals surface area contributed by atoms with E-state index in [1.165, 1.54) is 29.4 Å². The molecule has 2 heterocycles. The number of hydrogen-bond donors (Lipinski definition) is 3. The minimum atomic E-state index is -0.308. The number of aromatic nitrogens is 1. The largest absolute Gasteiger partial charge is 0.384 e. The lowest BCUT2D eigenvalue weighted by molar-refractivity contribution is 0.327. The molecule has 1 saturated heterocycles. The van der Waals surface area contributed by atoms with Crippen LogP contribution in [0, 0.1) is 5.82 Å². The highest BCUT2D eigenvalue weighted by Crippen LogP contribution is 2.32. The highest BCUT2D eigenvalue weighted by molar-refractivity contribution is 8.00. The van der Waals surface area contributed by atoms with E-state index in [2.05, 4.69) is 19.9 Å². The van der Waals surface area contributed by atoms with Crippen molar-refractivity contribution in [2.45, 2.75) is 30.2 Å². The van der Waals surface area contributed by atoms with Crippen LogP contribution in [-0.4, -0.2) is 42.1 Å². The van der Waals surface area contributed by atoms with Gasteiger partial charge in [0.2, 0.25) is 0 Å². The maximum Gasteiger partial charge on any atom is 0.192 e. The fourth-order valence-corrected chi connectivity index (χ4v) is 4.43. The first-order valence-corrected chi connectivity index (χ1v) is 10.7. The summed E-state index contributed by atoms with van der Waals surface area (Å²) in [4.78, 5) is 6.95. The summed E-state index contributed by atoms with van der Waals surface area (Å²) in [7, 11) is 0. The van der Waals surface area contributed by atoms with E-state index >= 15 is 0 Å². The third kappa shape index (κ3) is 5.72. The summed E-state index contributed by atoms with van der Waals surface area (Å²) in [5.74, 6) is -0.308. The minimum Gasteiger partial charge on any atom is -0.384 e. The highest BCUT2D eigenvalue weighted by Gasteiger charge is 2.17. The smallest absolute Gasteiger partial charge is 0.192 e. The maximum absolute atomic E-state index is 14.3. The molecule has 0 radical (unpaired) electrons. The van der Waals surface area contributed by atoms with Gasteiger partial charge in [-0.2, -0.15) is 0 Å². The maximum atomic E-state index is 14.3. The van der Waals surface area contributed by atoms with E-state index in [1.54, 1.807) is 12.3 Å². The van der Waals surface area contributed by atoms with Gasteiger partial charge in [0.15, 0.2) is 5.13 Å². The molecule has 3 rings (SSSR count). The first-order valence-electron chi connectivity index (χ1n) is 8.65. The second-order valence-electron chi connectivity index (χ2n) is 6.29. The predicted molar refractivity (Wildman–Crippen MR) is 110 cm³/mol. The van der Waals surface area contributed by atoms with Crippen molar-refractivity contribution >= 4 is 45.7 Å². The zero-order chi connectivity index (χ0) is 18.4. The number of anilines is 2. The molecule has 0 amide bonds. The van der Waals surface area contributed by atoms with Gasteiger partial charge in [0.05, 0.1) is 15.6 Å². The molecule has 1 unspecified atom stereocenters. The Balaban J connectivity index is 1.42. The van der Waals surface area contributed by atoms with Crippen LogP contribution in [0.3, 0.4) is 0 Å². The van der Waals surface area contributed by atoms with E-state index in [9.17, 15) is 4.39 Å². The Hall–Kier alpha value is -1.06. The molecule has 2 aromatic rings. The fourth-order valence-electron chi connectivity index (χ4n) is 2.86. The van der Waals surface area contributed by atoms with E-state index in [0.717, 1.165) is 50.6 Å². The van der Waals surface area contributed by atoms with Crippen molar-refractivity contribution < 1.29 is 4.39 Å². The van der Waals surface area contributed by atoms with E-state index in [1.807, 2.05) is 5.38 Å². The number of halogens is 2. The van der Waals surface area contributed by atoms with Gasteiger partial charge in [-0.3, -0.25) is 0 Å². The van der Waals surface area contributed by atoms with Crippen LogP contribution in [0.15, 0.2) is 28.6 Å². The molecule has 9 heteroatoms. The average molecular weight is 416 g/mol. The first-order chi connectivity index (χ1) is 12.6. The number of nitrogens with zero attached hydrogens (tertiary/aromatic N) is 2. The molecule has 1 atom stereocenters. The first kappa shape index (κ1) is 19.7. The lowest BCUT2D eigenvalue weighted by Crippen LogP contribution is -2.27. The minimum absolute atomic E-state index is 0.308. The Kier molecular flexibility index (Phi) is 7.39. The molecule has 1 aliphatic rings. The Morgan fingerprint density at radius 2 is 2.31 bits per heavy atom.